The number of benzene rings is 2. The van der Waals surface area contributed by atoms with E-state index in [1.807, 2.05) is 12.1 Å². The lowest BCUT2D eigenvalue weighted by Gasteiger charge is -2.19. The fourth-order valence-corrected chi connectivity index (χ4v) is 2.51. The van der Waals surface area contributed by atoms with Gasteiger partial charge >= 0.3 is 12.1 Å². The third-order valence-electron chi connectivity index (χ3n) is 3.97. The van der Waals surface area contributed by atoms with Crippen molar-refractivity contribution in [1.82, 2.24) is 10.6 Å². The molecular weight excluding hydrogens is 390 g/mol. The maximum Gasteiger partial charge on any atom is 0.408 e. The summed E-state index contributed by atoms with van der Waals surface area (Å²) >= 11 is 0. The van der Waals surface area contributed by atoms with Crippen molar-refractivity contribution >= 4 is 18.0 Å². The minimum atomic E-state index is -1.61. The van der Waals surface area contributed by atoms with Crippen molar-refractivity contribution < 1.29 is 23.9 Å². The smallest absolute Gasteiger partial charge is 0.408 e. The van der Waals surface area contributed by atoms with E-state index in [0.717, 1.165) is 11.1 Å². The summed E-state index contributed by atoms with van der Waals surface area (Å²) in [6.07, 6.45) is -2.41. The first-order valence-electron chi connectivity index (χ1n) is 8.97. The van der Waals surface area contributed by atoms with Crippen LogP contribution in [0.1, 0.15) is 11.1 Å². The summed E-state index contributed by atoms with van der Waals surface area (Å²) in [4.78, 5) is 39.1. The monoisotopic (exact) mass is 411 g/mol. The summed E-state index contributed by atoms with van der Waals surface area (Å²) in [7, 11) is 1.19. The SMILES string of the molecule is COC(=O)[C@H](Cc1ccccc1)NC(=O)[C@@H](N=[N+]=[N-])NC(=O)OCc1ccccc1. The van der Waals surface area contributed by atoms with E-state index >= 15 is 0 Å². The molecule has 30 heavy (non-hydrogen) atoms. The Balaban J connectivity index is 2.00. The van der Waals surface area contributed by atoms with E-state index in [1.54, 1.807) is 48.5 Å². The summed E-state index contributed by atoms with van der Waals surface area (Å²) in [5.74, 6) is -1.56. The van der Waals surface area contributed by atoms with Gasteiger partial charge in [-0.2, -0.15) is 0 Å². The van der Waals surface area contributed by atoms with Gasteiger partial charge in [-0.25, -0.2) is 9.59 Å². The first-order valence-corrected chi connectivity index (χ1v) is 8.97. The van der Waals surface area contributed by atoms with Gasteiger partial charge in [-0.05, 0) is 16.7 Å². The van der Waals surface area contributed by atoms with Crippen molar-refractivity contribution in [1.29, 1.82) is 0 Å². The van der Waals surface area contributed by atoms with Crippen LogP contribution in [0.5, 0.6) is 0 Å². The number of carbonyl (C=O) groups is 3. The number of azide groups is 1. The van der Waals surface area contributed by atoms with Crippen LogP contribution in [0.4, 0.5) is 4.79 Å². The van der Waals surface area contributed by atoms with Gasteiger partial charge in [0.05, 0.1) is 7.11 Å². The fourth-order valence-electron chi connectivity index (χ4n) is 2.51. The Labute approximate surface area is 172 Å². The molecule has 2 atom stereocenters. The number of rotatable bonds is 9. The molecule has 10 nitrogen and oxygen atoms in total. The highest BCUT2D eigenvalue weighted by atomic mass is 16.5. The Morgan fingerprint density at radius 2 is 1.60 bits per heavy atom. The Hall–Kier alpha value is -4.04. The molecule has 0 aromatic heterocycles. The largest absolute Gasteiger partial charge is 0.467 e. The van der Waals surface area contributed by atoms with Crippen LogP contribution >= 0.6 is 0 Å². The Morgan fingerprint density at radius 1 is 1.00 bits per heavy atom. The molecule has 0 bridgehead atoms. The second kappa shape index (κ2) is 11.7. The van der Waals surface area contributed by atoms with Crippen molar-refractivity contribution in [3.63, 3.8) is 0 Å². The van der Waals surface area contributed by atoms with Crippen LogP contribution in [-0.2, 0) is 32.1 Å². The Bertz CT molecular complexity index is 900. The standard InChI is InChI=1S/C20H21N5O5/c1-29-19(27)16(12-14-8-4-2-5-9-14)22-18(26)17(24-25-21)23-20(28)30-13-15-10-6-3-7-11-15/h2-11,16-17H,12-13H2,1H3,(H,22,26)(H,23,28)/t16-,17+/m0/s1. The number of hydrogen-bond acceptors (Lipinski definition) is 6. The molecule has 0 saturated heterocycles. The number of esters is 1. The van der Waals surface area contributed by atoms with Gasteiger partial charge < -0.3 is 20.1 Å². The van der Waals surface area contributed by atoms with Gasteiger partial charge in [0, 0.05) is 11.3 Å². The minimum absolute atomic E-state index is 0.0317. The van der Waals surface area contributed by atoms with Crippen LogP contribution in [0.3, 0.4) is 0 Å². The number of amides is 2. The van der Waals surface area contributed by atoms with Gasteiger partial charge in [-0.15, -0.1) is 0 Å². The van der Waals surface area contributed by atoms with Crippen LogP contribution in [0.2, 0.25) is 0 Å². The third kappa shape index (κ3) is 7.17. The molecule has 0 radical (unpaired) electrons. The lowest BCUT2D eigenvalue weighted by atomic mass is 10.1. The highest BCUT2D eigenvalue weighted by Gasteiger charge is 2.27. The Morgan fingerprint density at radius 3 is 2.17 bits per heavy atom. The summed E-state index contributed by atoms with van der Waals surface area (Å²) in [5, 5.41) is 7.87. The van der Waals surface area contributed by atoms with Gasteiger partial charge in [0.2, 0.25) is 5.91 Å². The van der Waals surface area contributed by atoms with Gasteiger partial charge in [-0.3, -0.25) is 4.79 Å². The molecule has 2 amide bonds. The molecule has 0 spiro atoms. The molecule has 0 heterocycles. The lowest BCUT2D eigenvalue weighted by molar-refractivity contribution is -0.145. The first kappa shape index (κ1) is 22.3. The second-order valence-electron chi connectivity index (χ2n) is 6.09. The molecule has 2 N–H and O–H groups in total. The molecule has 2 rings (SSSR count). The van der Waals surface area contributed by atoms with Crippen LogP contribution in [-0.4, -0.2) is 37.3 Å². The highest BCUT2D eigenvalue weighted by molar-refractivity contribution is 5.89. The van der Waals surface area contributed by atoms with Crippen LogP contribution in [0.15, 0.2) is 65.8 Å². The molecule has 0 fully saturated rings. The molecule has 2 aromatic rings. The molecule has 156 valence electrons. The summed E-state index contributed by atoms with van der Waals surface area (Å²) < 4.78 is 9.74. The topological polar surface area (TPSA) is 142 Å². The van der Waals surface area contributed by atoms with E-state index in [-0.39, 0.29) is 13.0 Å². The van der Waals surface area contributed by atoms with E-state index in [2.05, 4.69) is 20.7 Å². The maximum absolute atomic E-state index is 12.5. The molecule has 0 aliphatic carbocycles. The number of nitrogens with one attached hydrogen (secondary N) is 2. The van der Waals surface area contributed by atoms with E-state index in [0.29, 0.717) is 0 Å². The first-order chi connectivity index (χ1) is 14.5. The van der Waals surface area contributed by atoms with E-state index < -0.39 is 30.2 Å². The van der Waals surface area contributed by atoms with Gasteiger partial charge in [0.15, 0.2) is 6.17 Å². The van der Waals surface area contributed by atoms with Crippen molar-refractivity contribution in [3.8, 4) is 0 Å². The van der Waals surface area contributed by atoms with Crippen molar-refractivity contribution in [2.45, 2.75) is 25.2 Å². The van der Waals surface area contributed by atoms with Crippen molar-refractivity contribution in [3.05, 3.63) is 82.2 Å². The van der Waals surface area contributed by atoms with Gasteiger partial charge in [0.25, 0.3) is 0 Å². The maximum atomic E-state index is 12.5. The van der Waals surface area contributed by atoms with Crippen molar-refractivity contribution in [2.24, 2.45) is 5.11 Å². The quantitative estimate of drug-likeness (QED) is 0.282. The predicted octanol–water partition coefficient (Wildman–Crippen LogP) is 2.45. The number of hydrogen-bond donors (Lipinski definition) is 2. The van der Waals surface area contributed by atoms with Gasteiger partial charge in [-0.1, -0.05) is 65.8 Å². The zero-order chi connectivity index (χ0) is 21.8. The van der Waals surface area contributed by atoms with Crippen molar-refractivity contribution in [2.75, 3.05) is 7.11 Å². The summed E-state index contributed by atoms with van der Waals surface area (Å²) in [6, 6.07) is 16.8. The number of carbonyl (C=O) groups excluding carboxylic acids is 3. The second-order valence-corrected chi connectivity index (χ2v) is 6.09. The molecule has 0 saturated carbocycles. The zero-order valence-electron chi connectivity index (χ0n) is 16.2. The summed E-state index contributed by atoms with van der Waals surface area (Å²) in [5.41, 5.74) is 10.2. The Kier molecular flexibility index (Phi) is 8.70. The predicted molar refractivity (Wildman–Crippen MR) is 107 cm³/mol. The number of alkyl carbamates (subject to hydrolysis) is 1. The third-order valence-corrected chi connectivity index (χ3v) is 3.97. The average molecular weight is 411 g/mol. The van der Waals surface area contributed by atoms with E-state index in [9.17, 15) is 14.4 Å². The normalized spacial score (nSPS) is 11.9. The van der Waals surface area contributed by atoms with E-state index in [1.165, 1.54) is 7.11 Å². The van der Waals surface area contributed by atoms with Crippen LogP contribution in [0.25, 0.3) is 10.4 Å². The lowest BCUT2D eigenvalue weighted by Crippen LogP contribution is -2.51. The van der Waals surface area contributed by atoms with Crippen LogP contribution in [0, 0.1) is 0 Å². The summed E-state index contributed by atoms with van der Waals surface area (Å²) in [6.45, 7) is -0.0317. The molecule has 2 aromatic carbocycles. The molecule has 10 heteroatoms. The molecular formula is C20H21N5O5. The number of nitrogens with zero attached hydrogens (tertiary/aromatic N) is 3. The highest BCUT2D eigenvalue weighted by Crippen LogP contribution is 2.06. The van der Waals surface area contributed by atoms with Gasteiger partial charge in [0.1, 0.15) is 12.6 Å². The molecule has 0 aliphatic rings. The van der Waals surface area contributed by atoms with E-state index in [4.69, 9.17) is 15.0 Å². The zero-order valence-corrected chi connectivity index (χ0v) is 16.2. The molecule has 0 unspecified atom stereocenters. The van der Waals surface area contributed by atoms with Crippen LogP contribution < -0.4 is 10.6 Å². The number of ether oxygens (including phenoxy) is 2. The molecule has 0 aliphatic heterocycles. The minimum Gasteiger partial charge on any atom is -0.467 e. The number of methoxy groups -OCH3 is 1. The average Bonchev–Trinajstić information content (AvgIpc) is 2.77. The fraction of sp³-hybridized carbons (Fsp3) is 0.250.